The molecule has 5 nitrogen and oxygen atoms in total. The number of carbonyl (C=O) groups excluding carboxylic acids is 2. The largest absolute Gasteiger partial charge is 0.469 e. The minimum atomic E-state index is -0.731. The Morgan fingerprint density at radius 2 is 0.968 bits per heavy atom. The van der Waals surface area contributed by atoms with Gasteiger partial charge in [-0.1, -0.05) is 78.9 Å². The molecule has 0 radical (unpaired) electrons. The number of anilines is 1. The summed E-state index contributed by atoms with van der Waals surface area (Å²) in [6.07, 6.45) is 0. The standard InChI is InChI=1S/C26H25NO4/c1-30-25(28)21-22(26(29)31-2)24(19-14-8-4-9-15-19)27(20-16-10-5-11-17-20)23(21)18-12-6-3-7-13-18/h3-17,21-24H,1-2H3. The van der Waals surface area contributed by atoms with Gasteiger partial charge in [0.1, 0.15) is 0 Å². The summed E-state index contributed by atoms with van der Waals surface area (Å²) in [5.74, 6) is -2.32. The van der Waals surface area contributed by atoms with Crippen molar-refractivity contribution in [2.45, 2.75) is 12.1 Å². The van der Waals surface area contributed by atoms with E-state index in [9.17, 15) is 9.59 Å². The van der Waals surface area contributed by atoms with Crippen LogP contribution in [0.3, 0.4) is 0 Å². The van der Waals surface area contributed by atoms with Gasteiger partial charge in [0, 0.05) is 5.69 Å². The van der Waals surface area contributed by atoms with E-state index in [-0.39, 0.29) is 0 Å². The van der Waals surface area contributed by atoms with E-state index < -0.39 is 35.9 Å². The maximum atomic E-state index is 13.1. The molecule has 1 heterocycles. The molecule has 4 atom stereocenters. The topological polar surface area (TPSA) is 55.8 Å². The average Bonchev–Trinajstić information content (AvgIpc) is 3.21. The Morgan fingerprint density at radius 3 is 1.32 bits per heavy atom. The lowest BCUT2D eigenvalue weighted by atomic mass is 9.82. The molecule has 0 N–H and O–H groups in total. The maximum absolute atomic E-state index is 13.1. The van der Waals surface area contributed by atoms with E-state index in [0.717, 1.165) is 16.8 Å². The molecule has 31 heavy (non-hydrogen) atoms. The molecule has 0 aliphatic carbocycles. The zero-order valence-electron chi connectivity index (χ0n) is 17.5. The summed E-state index contributed by atoms with van der Waals surface area (Å²) in [6.45, 7) is 0. The van der Waals surface area contributed by atoms with E-state index in [4.69, 9.17) is 9.47 Å². The monoisotopic (exact) mass is 415 g/mol. The van der Waals surface area contributed by atoms with Crippen LogP contribution in [0, 0.1) is 11.8 Å². The molecule has 1 saturated heterocycles. The molecule has 4 unspecified atom stereocenters. The molecule has 1 aliphatic heterocycles. The van der Waals surface area contributed by atoms with Crippen molar-refractivity contribution in [3.05, 3.63) is 102 Å². The van der Waals surface area contributed by atoms with E-state index >= 15 is 0 Å². The van der Waals surface area contributed by atoms with Crippen molar-refractivity contribution in [1.29, 1.82) is 0 Å². The van der Waals surface area contributed by atoms with E-state index in [1.165, 1.54) is 14.2 Å². The molecule has 0 amide bonds. The van der Waals surface area contributed by atoms with Gasteiger partial charge in [-0.05, 0) is 23.3 Å². The van der Waals surface area contributed by atoms with Crippen LogP contribution in [0.25, 0.3) is 0 Å². The van der Waals surface area contributed by atoms with E-state index in [1.807, 2.05) is 91.0 Å². The minimum Gasteiger partial charge on any atom is -0.469 e. The molecular weight excluding hydrogens is 390 g/mol. The van der Waals surface area contributed by atoms with Crippen LogP contribution in [-0.2, 0) is 19.1 Å². The number of methoxy groups -OCH3 is 2. The number of nitrogens with zero attached hydrogens (tertiary/aromatic N) is 1. The van der Waals surface area contributed by atoms with Crippen LogP contribution >= 0.6 is 0 Å². The number of esters is 2. The molecule has 0 bridgehead atoms. The highest BCUT2D eigenvalue weighted by molar-refractivity contribution is 5.86. The summed E-state index contributed by atoms with van der Waals surface area (Å²) in [4.78, 5) is 28.4. The third-order valence-electron chi connectivity index (χ3n) is 5.95. The zero-order chi connectivity index (χ0) is 21.8. The number of rotatable bonds is 5. The van der Waals surface area contributed by atoms with Gasteiger partial charge in [0.15, 0.2) is 0 Å². The highest BCUT2D eigenvalue weighted by Crippen LogP contribution is 2.54. The average molecular weight is 415 g/mol. The van der Waals surface area contributed by atoms with E-state index in [0.29, 0.717) is 0 Å². The normalized spacial score (nSPS) is 22.7. The molecule has 3 aromatic rings. The molecule has 0 aromatic heterocycles. The molecule has 0 saturated carbocycles. The summed E-state index contributed by atoms with van der Waals surface area (Å²) in [6, 6.07) is 28.6. The lowest BCUT2D eigenvalue weighted by molar-refractivity contribution is -0.157. The fourth-order valence-corrected chi connectivity index (χ4v) is 4.69. The Bertz CT molecular complexity index is 958. The molecule has 158 valence electrons. The van der Waals surface area contributed by atoms with Crippen LogP contribution in [-0.4, -0.2) is 26.2 Å². The second-order valence-electron chi connectivity index (χ2n) is 7.55. The van der Waals surface area contributed by atoms with Crippen LogP contribution in [0.2, 0.25) is 0 Å². The Labute approximate surface area is 182 Å². The summed E-state index contributed by atoms with van der Waals surface area (Å²) in [5.41, 5.74) is 2.80. The Hall–Kier alpha value is -3.60. The third-order valence-corrected chi connectivity index (χ3v) is 5.95. The smallest absolute Gasteiger partial charge is 0.312 e. The van der Waals surface area contributed by atoms with Crippen LogP contribution in [0.15, 0.2) is 91.0 Å². The first kappa shape index (κ1) is 20.7. The Kier molecular flexibility index (Phi) is 6.03. The van der Waals surface area contributed by atoms with Gasteiger partial charge in [-0.2, -0.15) is 0 Å². The Morgan fingerprint density at radius 1 is 0.613 bits per heavy atom. The maximum Gasteiger partial charge on any atom is 0.312 e. The highest BCUT2D eigenvalue weighted by atomic mass is 16.5. The third kappa shape index (κ3) is 3.79. The number of carbonyl (C=O) groups is 2. The highest BCUT2D eigenvalue weighted by Gasteiger charge is 2.57. The van der Waals surface area contributed by atoms with Crippen LogP contribution in [0.5, 0.6) is 0 Å². The van der Waals surface area contributed by atoms with Crippen LogP contribution < -0.4 is 4.90 Å². The van der Waals surface area contributed by atoms with Crippen molar-refractivity contribution in [2.24, 2.45) is 11.8 Å². The second-order valence-corrected chi connectivity index (χ2v) is 7.55. The fourth-order valence-electron chi connectivity index (χ4n) is 4.69. The molecule has 1 fully saturated rings. The molecule has 3 aromatic carbocycles. The first-order valence-corrected chi connectivity index (χ1v) is 10.3. The first-order valence-electron chi connectivity index (χ1n) is 10.3. The molecule has 4 rings (SSSR count). The van der Waals surface area contributed by atoms with Gasteiger partial charge < -0.3 is 14.4 Å². The quantitative estimate of drug-likeness (QED) is 0.572. The van der Waals surface area contributed by atoms with Crippen LogP contribution in [0.4, 0.5) is 5.69 Å². The van der Waals surface area contributed by atoms with Crippen molar-refractivity contribution >= 4 is 17.6 Å². The first-order chi connectivity index (χ1) is 15.2. The minimum absolute atomic E-state index is 0.398. The van der Waals surface area contributed by atoms with Crippen molar-refractivity contribution in [1.82, 2.24) is 0 Å². The van der Waals surface area contributed by atoms with Crippen molar-refractivity contribution in [3.63, 3.8) is 0 Å². The van der Waals surface area contributed by atoms with Gasteiger partial charge in [0.2, 0.25) is 0 Å². The van der Waals surface area contributed by atoms with E-state index in [2.05, 4.69) is 4.90 Å². The Balaban J connectivity index is 1.99. The molecule has 5 heteroatoms. The lowest BCUT2D eigenvalue weighted by Gasteiger charge is -2.34. The molecular formula is C26H25NO4. The predicted molar refractivity (Wildman–Crippen MR) is 118 cm³/mol. The number of benzene rings is 3. The summed E-state index contributed by atoms with van der Waals surface area (Å²) in [7, 11) is 2.73. The summed E-state index contributed by atoms with van der Waals surface area (Å²) >= 11 is 0. The lowest BCUT2D eigenvalue weighted by Crippen LogP contribution is -2.32. The fraction of sp³-hybridized carbons (Fsp3) is 0.231. The number of para-hydroxylation sites is 1. The molecule has 0 spiro atoms. The predicted octanol–water partition coefficient (Wildman–Crippen LogP) is 4.57. The number of ether oxygens (including phenoxy) is 2. The van der Waals surface area contributed by atoms with Crippen molar-refractivity contribution in [3.8, 4) is 0 Å². The van der Waals surface area contributed by atoms with Crippen molar-refractivity contribution in [2.75, 3.05) is 19.1 Å². The van der Waals surface area contributed by atoms with Gasteiger partial charge in [0.05, 0.1) is 38.1 Å². The zero-order valence-corrected chi connectivity index (χ0v) is 17.5. The van der Waals surface area contributed by atoms with Gasteiger partial charge in [-0.15, -0.1) is 0 Å². The summed E-state index contributed by atoms with van der Waals surface area (Å²) < 4.78 is 10.4. The number of hydrogen-bond donors (Lipinski definition) is 0. The van der Waals surface area contributed by atoms with Gasteiger partial charge in [0.25, 0.3) is 0 Å². The van der Waals surface area contributed by atoms with Gasteiger partial charge >= 0.3 is 11.9 Å². The van der Waals surface area contributed by atoms with Gasteiger partial charge in [-0.25, -0.2) is 0 Å². The number of hydrogen-bond acceptors (Lipinski definition) is 5. The summed E-state index contributed by atoms with van der Waals surface area (Å²) in [5, 5.41) is 0. The van der Waals surface area contributed by atoms with Gasteiger partial charge in [-0.3, -0.25) is 9.59 Å². The van der Waals surface area contributed by atoms with E-state index in [1.54, 1.807) is 0 Å². The van der Waals surface area contributed by atoms with Crippen molar-refractivity contribution < 1.29 is 19.1 Å². The van der Waals surface area contributed by atoms with Crippen LogP contribution in [0.1, 0.15) is 23.2 Å². The SMILES string of the molecule is COC(=O)C1C(C(=O)OC)C(c2ccccc2)N(c2ccccc2)C1c1ccccc1. The second kappa shape index (κ2) is 9.04. The molecule has 1 aliphatic rings.